The molecule has 0 aliphatic carbocycles. The van der Waals surface area contributed by atoms with Gasteiger partial charge in [-0.2, -0.15) is 0 Å². The summed E-state index contributed by atoms with van der Waals surface area (Å²) in [5, 5.41) is 3.54. The zero-order chi connectivity index (χ0) is 13.2. The molecule has 2 aliphatic heterocycles. The van der Waals surface area contributed by atoms with Gasteiger partial charge < -0.3 is 5.32 Å². The molecular formula is C16H24N2S. The number of hydrogen-bond donors (Lipinski definition) is 1. The molecule has 104 valence electrons. The van der Waals surface area contributed by atoms with Crippen molar-refractivity contribution in [2.24, 2.45) is 5.92 Å². The van der Waals surface area contributed by atoms with E-state index in [1.165, 1.54) is 23.7 Å². The molecule has 0 spiro atoms. The van der Waals surface area contributed by atoms with Gasteiger partial charge in [0.15, 0.2) is 0 Å². The van der Waals surface area contributed by atoms with E-state index in [0.717, 1.165) is 24.9 Å². The summed E-state index contributed by atoms with van der Waals surface area (Å²) in [6, 6.07) is 9.65. The van der Waals surface area contributed by atoms with Crippen LogP contribution in [0, 0.1) is 5.92 Å². The highest BCUT2D eigenvalue weighted by Gasteiger charge is 2.30. The minimum absolute atomic E-state index is 0.700. The van der Waals surface area contributed by atoms with Crippen molar-refractivity contribution >= 4 is 11.8 Å². The van der Waals surface area contributed by atoms with Crippen molar-refractivity contribution in [3.8, 4) is 0 Å². The summed E-state index contributed by atoms with van der Waals surface area (Å²) in [6.07, 6.45) is 0. The topological polar surface area (TPSA) is 15.3 Å². The summed E-state index contributed by atoms with van der Waals surface area (Å²) in [5.74, 6) is 2.71. The molecule has 2 aliphatic rings. The number of benzene rings is 1. The first-order chi connectivity index (χ1) is 9.25. The largest absolute Gasteiger partial charge is 0.314 e. The summed E-state index contributed by atoms with van der Waals surface area (Å²) >= 11 is 2.03. The number of hydrogen-bond acceptors (Lipinski definition) is 3. The van der Waals surface area contributed by atoms with Crippen LogP contribution >= 0.6 is 11.8 Å². The van der Waals surface area contributed by atoms with Crippen molar-refractivity contribution in [3.63, 3.8) is 0 Å². The van der Waals surface area contributed by atoms with Crippen LogP contribution in [0.3, 0.4) is 0 Å². The van der Waals surface area contributed by atoms with Crippen LogP contribution in [0.1, 0.15) is 25.3 Å². The number of rotatable bonds is 3. The Balaban J connectivity index is 1.71. The van der Waals surface area contributed by atoms with Gasteiger partial charge in [0.25, 0.3) is 0 Å². The second-order valence-corrected chi connectivity index (χ2v) is 7.12. The molecule has 2 nitrogen and oxygen atoms in total. The monoisotopic (exact) mass is 276 g/mol. The van der Waals surface area contributed by atoms with E-state index < -0.39 is 0 Å². The minimum Gasteiger partial charge on any atom is -0.314 e. The van der Waals surface area contributed by atoms with Gasteiger partial charge in [-0.15, -0.1) is 11.8 Å². The van der Waals surface area contributed by atoms with Crippen LogP contribution in [-0.2, 0) is 0 Å². The van der Waals surface area contributed by atoms with Gasteiger partial charge in [-0.1, -0.05) is 32.0 Å². The Morgan fingerprint density at radius 3 is 3.05 bits per heavy atom. The predicted octanol–water partition coefficient (Wildman–Crippen LogP) is 2.81. The second-order valence-electron chi connectivity index (χ2n) is 6.06. The molecule has 1 N–H and O–H groups in total. The zero-order valence-corrected chi connectivity index (χ0v) is 12.7. The van der Waals surface area contributed by atoms with Crippen LogP contribution in [-0.4, -0.2) is 42.9 Å². The standard InChI is InChI=1S/C16H24N2S/c1-12(2)15-9-17-7-8-18(15)10-13-11-19-16-6-4-3-5-14(13)16/h3-6,12-13,15,17H,7-11H2,1-2H3. The van der Waals surface area contributed by atoms with E-state index in [1.807, 2.05) is 11.8 Å². The van der Waals surface area contributed by atoms with Crippen LogP contribution in [0.15, 0.2) is 29.2 Å². The fraction of sp³-hybridized carbons (Fsp3) is 0.625. The van der Waals surface area contributed by atoms with E-state index >= 15 is 0 Å². The normalized spacial score (nSPS) is 27.7. The van der Waals surface area contributed by atoms with Gasteiger partial charge in [0.1, 0.15) is 0 Å². The summed E-state index contributed by atoms with van der Waals surface area (Å²) < 4.78 is 0. The van der Waals surface area contributed by atoms with Crippen molar-refractivity contribution in [3.05, 3.63) is 29.8 Å². The molecule has 0 radical (unpaired) electrons. The molecule has 0 aromatic heterocycles. The van der Waals surface area contributed by atoms with E-state index in [1.54, 1.807) is 5.56 Å². The summed E-state index contributed by atoms with van der Waals surface area (Å²) in [5.41, 5.74) is 1.58. The van der Waals surface area contributed by atoms with Crippen molar-refractivity contribution in [2.45, 2.75) is 30.7 Å². The molecule has 1 aromatic carbocycles. The fourth-order valence-electron chi connectivity index (χ4n) is 3.32. The predicted molar refractivity (Wildman–Crippen MR) is 83.0 cm³/mol. The maximum absolute atomic E-state index is 3.54. The molecule has 0 amide bonds. The van der Waals surface area contributed by atoms with Gasteiger partial charge in [-0.3, -0.25) is 4.90 Å². The molecule has 2 atom stereocenters. The first-order valence-electron chi connectivity index (χ1n) is 7.42. The smallest absolute Gasteiger partial charge is 0.0244 e. The Morgan fingerprint density at radius 1 is 1.37 bits per heavy atom. The maximum Gasteiger partial charge on any atom is 0.0244 e. The quantitative estimate of drug-likeness (QED) is 0.914. The molecule has 1 saturated heterocycles. The highest BCUT2D eigenvalue weighted by molar-refractivity contribution is 7.99. The van der Waals surface area contributed by atoms with Crippen LogP contribution in [0.2, 0.25) is 0 Å². The number of thioether (sulfide) groups is 1. The number of nitrogens with one attached hydrogen (secondary N) is 1. The Kier molecular flexibility index (Phi) is 4.15. The fourth-order valence-corrected chi connectivity index (χ4v) is 4.56. The third-order valence-corrected chi connectivity index (χ3v) is 5.67. The van der Waals surface area contributed by atoms with Gasteiger partial charge in [-0.25, -0.2) is 0 Å². The van der Waals surface area contributed by atoms with Gasteiger partial charge >= 0.3 is 0 Å². The molecule has 3 rings (SSSR count). The Hall–Kier alpha value is -0.510. The third kappa shape index (κ3) is 2.83. The average Bonchev–Trinajstić information content (AvgIpc) is 2.83. The van der Waals surface area contributed by atoms with Crippen molar-refractivity contribution < 1.29 is 0 Å². The first kappa shape index (κ1) is 13.5. The van der Waals surface area contributed by atoms with E-state index in [4.69, 9.17) is 0 Å². The molecule has 0 saturated carbocycles. The number of fused-ring (bicyclic) bond motifs is 1. The lowest BCUT2D eigenvalue weighted by molar-refractivity contribution is 0.119. The Bertz CT molecular complexity index is 433. The van der Waals surface area contributed by atoms with E-state index in [2.05, 4.69) is 48.3 Å². The molecule has 3 heteroatoms. The minimum atomic E-state index is 0.700. The van der Waals surface area contributed by atoms with Gasteiger partial charge in [0.05, 0.1) is 0 Å². The van der Waals surface area contributed by atoms with Crippen molar-refractivity contribution in [1.82, 2.24) is 10.2 Å². The van der Waals surface area contributed by atoms with E-state index in [0.29, 0.717) is 6.04 Å². The van der Waals surface area contributed by atoms with Gasteiger partial charge in [-0.05, 0) is 17.5 Å². The van der Waals surface area contributed by atoms with E-state index in [-0.39, 0.29) is 0 Å². The Labute approximate surface area is 121 Å². The number of piperazine rings is 1. The van der Waals surface area contributed by atoms with Crippen LogP contribution in [0.4, 0.5) is 0 Å². The lowest BCUT2D eigenvalue weighted by atomic mass is 9.96. The molecule has 1 aromatic rings. The SMILES string of the molecule is CC(C)C1CNCCN1CC1CSc2ccccc21. The second kappa shape index (κ2) is 5.86. The molecule has 2 heterocycles. The van der Waals surface area contributed by atoms with Crippen molar-refractivity contribution in [2.75, 3.05) is 31.9 Å². The molecular weight excluding hydrogens is 252 g/mol. The summed E-state index contributed by atoms with van der Waals surface area (Å²) in [6.45, 7) is 9.43. The van der Waals surface area contributed by atoms with Gasteiger partial charge in [0, 0.05) is 48.8 Å². The van der Waals surface area contributed by atoms with Crippen LogP contribution in [0.25, 0.3) is 0 Å². The van der Waals surface area contributed by atoms with Crippen molar-refractivity contribution in [1.29, 1.82) is 0 Å². The Morgan fingerprint density at radius 2 is 2.21 bits per heavy atom. The average molecular weight is 276 g/mol. The zero-order valence-electron chi connectivity index (χ0n) is 11.9. The summed E-state index contributed by atoms with van der Waals surface area (Å²) in [4.78, 5) is 4.22. The molecule has 19 heavy (non-hydrogen) atoms. The van der Waals surface area contributed by atoms with Crippen LogP contribution in [0.5, 0.6) is 0 Å². The lowest BCUT2D eigenvalue weighted by Crippen LogP contribution is -2.54. The third-order valence-electron chi connectivity index (χ3n) is 4.42. The summed E-state index contributed by atoms with van der Waals surface area (Å²) in [7, 11) is 0. The molecule has 0 bridgehead atoms. The molecule has 2 unspecified atom stereocenters. The number of nitrogens with zero attached hydrogens (tertiary/aromatic N) is 1. The highest BCUT2D eigenvalue weighted by atomic mass is 32.2. The molecule has 1 fully saturated rings. The lowest BCUT2D eigenvalue weighted by Gasteiger charge is -2.40. The highest BCUT2D eigenvalue weighted by Crippen LogP contribution is 2.40. The maximum atomic E-state index is 3.54. The van der Waals surface area contributed by atoms with Gasteiger partial charge in [0.2, 0.25) is 0 Å². The first-order valence-corrected chi connectivity index (χ1v) is 8.40. The van der Waals surface area contributed by atoms with E-state index in [9.17, 15) is 0 Å². The van der Waals surface area contributed by atoms with Crippen LogP contribution < -0.4 is 5.32 Å².